The van der Waals surface area contributed by atoms with Gasteiger partial charge in [0.15, 0.2) is 0 Å². The third kappa shape index (κ3) is 2.22. The zero-order chi connectivity index (χ0) is 10.9. The second-order valence-corrected chi connectivity index (χ2v) is 6.42. The molecule has 1 saturated heterocycles. The summed E-state index contributed by atoms with van der Waals surface area (Å²) < 4.78 is 5.50. The Morgan fingerprint density at radius 3 is 1.87 bits per heavy atom. The van der Waals surface area contributed by atoms with Crippen LogP contribution in [0.1, 0.15) is 59.3 Å². The second-order valence-electron chi connectivity index (χ2n) is 6.42. The Labute approximate surface area is 94.6 Å². The lowest BCUT2D eigenvalue weighted by Gasteiger charge is -2.48. The summed E-state index contributed by atoms with van der Waals surface area (Å²) in [6, 6.07) is 0. The third-order valence-corrected chi connectivity index (χ3v) is 5.40. The predicted molar refractivity (Wildman–Crippen MR) is 63.9 cm³/mol. The van der Waals surface area contributed by atoms with E-state index in [1.54, 1.807) is 0 Å². The summed E-state index contributed by atoms with van der Waals surface area (Å²) in [4.78, 5) is 0. The molecular formula is C14H26O. The molecule has 2 rings (SSSR count). The Hall–Kier alpha value is -0.0400. The smallest absolute Gasteiger partial charge is 0.0471 e. The molecule has 1 nitrogen and oxygen atoms in total. The standard InChI is InChI=1S/C14H26O/c1-12(2)13(3)4-6-14(7-5-13)8-10-15-11-9-14/h12H,4-11H2,1-3H3. The van der Waals surface area contributed by atoms with Crippen LogP contribution in [0.5, 0.6) is 0 Å². The van der Waals surface area contributed by atoms with Crippen LogP contribution in [0.4, 0.5) is 0 Å². The Morgan fingerprint density at radius 2 is 1.40 bits per heavy atom. The summed E-state index contributed by atoms with van der Waals surface area (Å²) in [7, 11) is 0. The first-order valence-electron chi connectivity index (χ1n) is 6.64. The maximum absolute atomic E-state index is 5.50. The third-order valence-electron chi connectivity index (χ3n) is 5.40. The highest BCUT2D eigenvalue weighted by atomic mass is 16.5. The predicted octanol–water partition coefficient (Wildman–Crippen LogP) is 4.02. The summed E-state index contributed by atoms with van der Waals surface area (Å²) in [5.74, 6) is 0.842. The van der Waals surface area contributed by atoms with Gasteiger partial charge in [-0.15, -0.1) is 0 Å². The van der Waals surface area contributed by atoms with Gasteiger partial charge in [-0.05, 0) is 55.3 Å². The molecule has 0 aromatic rings. The van der Waals surface area contributed by atoms with Crippen molar-refractivity contribution < 1.29 is 4.74 Å². The highest BCUT2D eigenvalue weighted by molar-refractivity contribution is 4.92. The first-order chi connectivity index (χ1) is 7.06. The van der Waals surface area contributed by atoms with E-state index in [9.17, 15) is 0 Å². The number of hydrogen-bond donors (Lipinski definition) is 0. The van der Waals surface area contributed by atoms with Crippen LogP contribution < -0.4 is 0 Å². The highest BCUT2D eigenvalue weighted by Crippen LogP contribution is 2.52. The summed E-state index contributed by atoms with van der Waals surface area (Å²) in [5, 5.41) is 0. The van der Waals surface area contributed by atoms with Crippen molar-refractivity contribution in [3.8, 4) is 0 Å². The molecule has 1 aliphatic carbocycles. The van der Waals surface area contributed by atoms with Crippen LogP contribution >= 0.6 is 0 Å². The van der Waals surface area contributed by atoms with E-state index in [0.29, 0.717) is 10.8 Å². The molecule has 1 saturated carbocycles. The van der Waals surface area contributed by atoms with Crippen LogP contribution in [0.2, 0.25) is 0 Å². The molecule has 1 aliphatic heterocycles. The van der Waals surface area contributed by atoms with Gasteiger partial charge in [-0.25, -0.2) is 0 Å². The topological polar surface area (TPSA) is 9.23 Å². The molecule has 0 aromatic heterocycles. The van der Waals surface area contributed by atoms with Crippen LogP contribution in [-0.2, 0) is 4.74 Å². The molecular weight excluding hydrogens is 184 g/mol. The molecule has 0 unspecified atom stereocenters. The van der Waals surface area contributed by atoms with E-state index >= 15 is 0 Å². The van der Waals surface area contributed by atoms with Crippen molar-refractivity contribution in [3.05, 3.63) is 0 Å². The van der Waals surface area contributed by atoms with E-state index in [-0.39, 0.29) is 0 Å². The van der Waals surface area contributed by atoms with E-state index in [0.717, 1.165) is 19.1 Å². The molecule has 0 aromatic carbocycles. The molecule has 0 N–H and O–H groups in total. The van der Waals surface area contributed by atoms with Crippen molar-refractivity contribution in [1.82, 2.24) is 0 Å². The fourth-order valence-corrected chi connectivity index (χ4v) is 3.23. The van der Waals surface area contributed by atoms with Crippen molar-refractivity contribution in [1.29, 1.82) is 0 Å². The first-order valence-corrected chi connectivity index (χ1v) is 6.64. The van der Waals surface area contributed by atoms with Crippen molar-refractivity contribution in [2.24, 2.45) is 16.7 Å². The van der Waals surface area contributed by atoms with Gasteiger partial charge in [0.2, 0.25) is 0 Å². The maximum atomic E-state index is 5.50. The van der Waals surface area contributed by atoms with Gasteiger partial charge in [0.1, 0.15) is 0 Å². The minimum Gasteiger partial charge on any atom is -0.381 e. The molecule has 1 spiro atoms. The van der Waals surface area contributed by atoms with Crippen molar-refractivity contribution >= 4 is 0 Å². The van der Waals surface area contributed by atoms with Gasteiger partial charge in [0.05, 0.1) is 0 Å². The van der Waals surface area contributed by atoms with Gasteiger partial charge in [-0.1, -0.05) is 20.8 Å². The summed E-state index contributed by atoms with van der Waals surface area (Å²) in [6.07, 6.45) is 8.41. The quantitative estimate of drug-likeness (QED) is 0.635. The van der Waals surface area contributed by atoms with E-state index in [4.69, 9.17) is 4.74 Å². The van der Waals surface area contributed by atoms with E-state index < -0.39 is 0 Å². The Morgan fingerprint density at radius 1 is 0.867 bits per heavy atom. The fourth-order valence-electron chi connectivity index (χ4n) is 3.23. The molecule has 1 heterocycles. The summed E-state index contributed by atoms with van der Waals surface area (Å²) >= 11 is 0. The lowest BCUT2D eigenvalue weighted by Crippen LogP contribution is -2.38. The number of hydrogen-bond acceptors (Lipinski definition) is 1. The van der Waals surface area contributed by atoms with Crippen LogP contribution in [-0.4, -0.2) is 13.2 Å². The minimum atomic E-state index is 0.615. The molecule has 0 radical (unpaired) electrons. The average molecular weight is 210 g/mol. The molecule has 2 aliphatic rings. The Bertz CT molecular complexity index is 203. The molecule has 15 heavy (non-hydrogen) atoms. The molecule has 88 valence electrons. The number of rotatable bonds is 1. The van der Waals surface area contributed by atoms with Crippen LogP contribution in [0, 0.1) is 16.7 Å². The SMILES string of the molecule is CC(C)C1(C)CCC2(CCOCC2)CC1. The van der Waals surface area contributed by atoms with Crippen molar-refractivity contribution in [2.75, 3.05) is 13.2 Å². The van der Waals surface area contributed by atoms with Crippen molar-refractivity contribution in [2.45, 2.75) is 59.3 Å². The zero-order valence-electron chi connectivity index (χ0n) is 10.6. The zero-order valence-corrected chi connectivity index (χ0v) is 10.6. The van der Waals surface area contributed by atoms with E-state index in [1.165, 1.54) is 38.5 Å². The first kappa shape index (κ1) is 11.4. The van der Waals surface area contributed by atoms with Gasteiger partial charge >= 0.3 is 0 Å². The van der Waals surface area contributed by atoms with Crippen LogP contribution in [0.25, 0.3) is 0 Å². The van der Waals surface area contributed by atoms with Gasteiger partial charge in [-0.2, -0.15) is 0 Å². The van der Waals surface area contributed by atoms with Crippen LogP contribution in [0.3, 0.4) is 0 Å². The molecule has 0 amide bonds. The monoisotopic (exact) mass is 210 g/mol. The molecule has 2 fully saturated rings. The second kappa shape index (κ2) is 4.08. The van der Waals surface area contributed by atoms with E-state index in [1.807, 2.05) is 0 Å². The van der Waals surface area contributed by atoms with Gasteiger partial charge < -0.3 is 4.74 Å². The van der Waals surface area contributed by atoms with E-state index in [2.05, 4.69) is 20.8 Å². The maximum Gasteiger partial charge on any atom is 0.0471 e. The summed E-state index contributed by atoms with van der Waals surface area (Å²) in [6.45, 7) is 9.30. The van der Waals surface area contributed by atoms with Crippen molar-refractivity contribution in [3.63, 3.8) is 0 Å². The Balaban J connectivity index is 1.96. The minimum absolute atomic E-state index is 0.615. The average Bonchev–Trinajstić information content (AvgIpc) is 2.24. The Kier molecular flexibility index (Phi) is 3.12. The molecule has 0 atom stereocenters. The largest absolute Gasteiger partial charge is 0.381 e. The highest BCUT2D eigenvalue weighted by Gasteiger charge is 2.42. The van der Waals surface area contributed by atoms with Gasteiger partial charge in [-0.3, -0.25) is 0 Å². The lowest BCUT2D eigenvalue weighted by atomic mass is 9.58. The number of ether oxygens (including phenoxy) is 1. The fraction of sp³-hybridized carbons (Fsp3) is 1.00. The van der Waals surface area contributed by atoms with Gasteiger partial charge in [0, 0.05) is 13.2 Å². The lowest BCUT2D eigenvalue weighted by molar-refractivity contribution is -0.0355. The molecule has 1 heteroatoms. The van der Waals surface area contributed by atoms with Crippen LogP contribution in [0.15, 0.2) is 0 Å². The molecule has 0 bridgehead atoms. The van der Waals surface area contributed by atoms with Gasteiger partial charge in [0.25, 0.3) is 0 Å². The normalized spacial score (nSPS) is 29.6. The summed E-state index contributed by atoms with van der Waals surface area (Å²) in [5.41, 5.74) is 1.29.